The Kier molecular flexibility index (Phi) is 7.02. The van der Waals surface area contributed by atoms with Crippen molar-refractivity contribution < 1.29 is 17.4 Å². The third kappa shape index (κ3) is 6.18. The first-order valence-corrected chi connectivity index (χ1v) is 10.0. The van der Waals surface area contributed by atoms with Gasteiger partial charge in [0.25, 0.3) is 0 Å². The molecule has 0 heterocycles. The quantitative estimate of drug-likeness (QED) is 0.484. The van der Waals surface area contributed by atoms with E-state index in [4.69, 9.17) is 15.8 Å². The van der Waals surface area contributed by atoms with Gasteiger partial charge in [-0.2, -0.15) is 8.42 Å². The molecule has 0 bridgehead atoms. The minimum Gasteiger partial charge on any atom is -0.379 e. The topological polar surface area (TPSA) is 60.4 Å². The Morgan fingerprint density at radius 2 is 1.52 bits per heavy atom. The maximum Gasteiger partial charge on any atom is 0.339 e. The second-order valence-corrected chi connectivity index (χ2v) is 7.74. The smallest absolute Gasteiger partial charge is 0.339 e. The highest BCUT2D eigenvalue weighted by atomic mass is 35.5. The molecule has 0 fully saturated rings. The molecule has 0 amide bonds. The van der Waals surface area contributed by atoms with Crippen molar-refractivity contribution >= 4 is 27.5 Å². The fourth-order valence-electron chi connectivity index (χ4n) is 2.30. The molecule has 0 saturated carbocycles. The molecule has 0 spiro atoms. The van der Waals surface area contributed by atoms with Gasteiger partial charge in [-0.25, -0.2) is 0 Å². The van der Waals surface area contributed by atoms with Gasteiger partial charge in [-0.15, -0.1) is 11.6 Å². The molecule has 0 aliphatic heterocycles. The average molecular weight is 381 g/mol. The number of ketones is 1. The van der Waals surface area contributed by atoms with E-state index in [1.165, 1.54) is 0 Å². The summed E-state index contributed by atoms with van der Waals surface area (Å²) in [5, 5.41) is 0. The van der Waals surface area contributed by atoms with Crippen molar-refractivity contribution in [3.05, 3.63) is 59.7 Å². The van der Waals surface area contributed by atoms with Gasteiger partial charge in [0.1, 0.15) is 16.4 Å². The normalized spacial score (nSPS) is 11.3. The van der Waals surface area contributed by atoms with E-state index in [-0.39, 0.29) is 16.4 Å². The van der Waals surface area contributed by atoms with E-state index in [1.807, 2.05) is 0 Å². The lowest BCUT2D eigenvalue weighted by Gasteiger charge is -2.08. The zero-order valence-electron chi connectivity index (χ0n) is 14.1. The molecule has 4 nitrogen and oxygen atoms in total. The maximum absolute atomic E-state index is 12.3. The highest BCUT2D eigenvalue weighted by Crippen LogP contribution is 2.20. The summed E-state index contributed by atoms with van der Waals surface area (Å²) in [4.78, 5) is 11.1. The third-order valence-electron chi connectivity index (χ3n) is 3.71. The average Bonchev–Trinajstić information content (AvgIpc) is 2.59. The number of alkyl halides is 1. The van der Waals surface area contributed by atoms with Crippen LogP contribution in [0.15, 0.2) is 53.4 Å². The van der Waals surface area contributed by atoms with Crippen LogP contribution in [0.3, 0.4) is 0 Å². The van der Waals surface area contributed by atoms with Gasteiger partial charge >= 0.3 is 10.1 Å². The first-order chi connectivity index (χ1) is 11.9. The van der Waals surface area contributed by atoms with Crippen molar-refractivity contribution in [1.82, 2.24) is 0 Å². The number of halogens is 1. The monoisotopic (exact) mass is 380 g/mol. The molecule has 2 rings (SSSR count). The van der Waals surface area contributed by atoms with Crippen LogP contribution in [0.5, 0.6) is 5.75 Å². The molecule has 2 aromatic carbocycles. The lowest BCUT2D eigenvalue weighted by Crippen LogP contribution is -2.09. The van der Waals surface area contributed by atoms with E-state index in [1.54, 1.807) is 55.5 Å². The standard InChI is InChI=1S/C19H21ClO4S/c1-15(21)4-5-17-6-10-18(11-7-17)24-25(22,23)19-12-8-16(9-13-19)3-2-14-20/h6-13H,2-5,14H2,1H3. The molecule has 0 saturated heterocycles. The summed E-state index contributed by atoms with van der Waals surface area (Å²) >= 11 is 5.66. The minimum atomic E-state index is -3.87. The molecule has 0 aliphatic rings. The SMILES string of the molecule is CC(=O)CCc1ccc(OS(=O)(=O)c2ccc(CCCCl)cc2)cc1. The number of hydrogen-bond donors (Lipinski definition) is 0. The van der Waals surface area contributed by atoms with Gasteiger partial charge < -0.3 is 8.98 Å². The number of benzene rings is 2. The molecule has 0 aromatic heterocycles. The Labute approximate surface area is 153 Å². The molecule has 0 N–H and O–H groups in total. The number of hydrogen-bond acceptors (Lipinski definition) is 4. The Morgan fingerprint density at radius 3 is 2.08 bits per heavy atom. The van der Waals surface area contributed by atoms with E-state index < -0.39 is 10.1 Å². The number of carbonyl (C=O) groups is 1. The Hall–Kier alpha value is -1.85. The van der Waals surface area contributed by atoms with Crippen LogP contribution >= 0.6 is 11.6 Å². The Balaban J connectivity index is 2.03. The van der Waals surface area contributed by atoms with Gasteiger partial charge in [0, 0.05) is 12.3 Å². The van der Waals surface area contributed by atoms with E-state index >= 15 is 0 Å². The predicted molar refractivity (Wildman–Crippen MR) is 98.7 cm³/mol. The van der Waals surface area contributed by atoms with Gasteiger partial charge in [0.2, 0.25) is 0 Å². The van der Waals surface area contributed by atoms with Crippen molar-refractivity contribution in [3.63, 3.8) is 0 Å². The molecule has 2 aromatic rings. The van der Waals surface area contributed by atoms with Gasteiger partial charge in [-0.05, 0) is 61.6 Å². The largest absolute Gasteiger partial charge is 0.379 e. The van der Waals surface area contributed by atoms with Crippen LogP contribution < -0.4 is 4.18 Å². The van der Waals surface area contributed by atoms with E-state index in [0.29, 0.717) is 18.7 Å². The van der Waals surface area contributed by atoms with Crippen molar-refractivity contribution in [3.8, 4) is 5.75 Å². The second kappa shape index (κ2) is 9.02. The van der Waals surface area contributed by atoms with Crippen molar-refractivity contribution in [2.45, 2.75) is 37.5 Å². The predicted octanol–water partition coefficient (Wildman–Crippen LogP) is 4.15. The van der Waals surface area contributed by atoms with E-state index in [0.717, 1.165) is 24.0 Å². The molecule has 0 aliphatic carbocycles. The molecular formula is C19H21ClO4S. The maximum atomic E-state index is 12.3. The van der Waals surface area contributed by atoms with Crippen LogP contribution in [0, 0.1) is 0 Å². The van der Waals surface area contributed by atoms with Crippen LogP contribution in [0.2, 0.25) is 0 Å². The summed E-state index contributed by atoms with van der Waals surface area (Å²) in [5.74, 6) is 0.946. The summed E-state index contributed by atoms with van der Waals surface area (Å²) in [6.45, 7) is 1.55. The number of aryl methyl sites for hydroxylation is 2. The summed E-state index contributed by atoms with van der Waals surface area (Å²) in [7, 11) is -3.87. The fourth-order valence-corrected chi connectivity index (χ4v) is 3.36. The van der Waals surface area contributed by atoms with Crippen LogP contribution in [-0.4, -0.2) is 20.1 Å². The molecule has 134 valence electrons. The van der Waals surface area contributed by atoms with Crippen molar-refractivity contribution in [2.24, 2.45) is 0 Å². The van der Waals surface area contributed by atoms with Crippen LogP contribution in [0.4, 0.5) is 0 Å². The van der Waals surface area contributed by atoms with Gasteiger partial charge in [-0.1, -0.05) is 24.3 Å². The van der Waals surface area contributed by atoms with Crippen LogP contribution in [-0.2, 0) is 27.8 Å². The molecule has 0 radical (unpaired) electrons. The number of rotatable bonds is 9. The lowest BCUT2D eigenvalue weighted by molar-refractivity contribution is -0.116. The highest BCUT2D eigenvalue weighted by Gasteiger charge is 2.16. The van der Waals surface area contributed by atoms with Gasteiger partial charge in [0.05, 0.1) is 0 Å². The fraction of sp³-hybridized carbons (Fsp3) is 0.316. The zero-order valence-corrected chi connectivity index (χ0v) is 15.6. The third-order valence-corrected chi connectivity index (χ3v) is 5.23. The molecule has 6 heteroatoms. The lowest BCUT2D eigenvalue weighted by atomic mass is 10.1. The number of carbonyl (C=O) groups excluding carboxylic acids is 1. The van der Waals surface area contributed by atoms with Gasteiger partial charge in [-0.3, -0.25) is 0 Å². The summed E-state index contributed by atoms with van der Waals surface area (Å²) < 4.78 is 29.9. The first kappa shape index (κ1) is 19.5. The molecule has 0 atom stereocenters. The molecule has 25 heavy (non-hydrogen) atoms. The van der Waals surface area contributed by atoms with E-state index in [9.17, 15) is 13.2 Å². The Bertz CT molecular complexity index is 796. The summed E-state index contributed by atoms with van der Waals surface area (Å²) in [6.07, 6.45) is 2.76. The zero-order chi connectivity index (χ0) is 18.3. The Morgan fingerprint density at radius 1 is 0.960 bits per heavy atom. The number of Topliss-reactive ketones (excluding diaryl/α,β-unsaturated/α-hetero) is 1. The van der Waals surface area contributed by atoms with Gasteiger partial charge in [0.15, 0.2) is 0 Å². The first-order valence-electron chi connectivity index (χ1n) is 8.08. The molecular weight excluding hydrogens is 360 g/mol. The second-order valence-electron chi connectivity index (χ2n) is 5.82. The summed E-state index contributed by atoms with van der Waals surface area (Å²) in [6, 6.07) is 13.4. The minimum absolute atomic E-state index is 0.114. The molecule has 0 unspecified atom stereocenters. The highest BCUT2D eigenvalue weighted by molar-refractivity contribution is 7.87. The van der Waals surface area contributed by atoms with Crippen LogP contribution in [0.1, 0.15) is 30.9 Å². The van der Waals surface area contributed by atoms with Crippen LogP contribution in [0.25, 0.3) is 0 Å². The summed E-state index contributed by atoms with van der Waals surface area (Å²) in [5.41, 5.74) is 2.00. The van der Waals surface area contributed by atoms with Crippen molar-refractivity contribution in [1.29, 1.82) is 0 Å². The van der Waals surface area contributed by atoms with E-state index in [2.05, 4.69) is 0 Å². The van der Waals surface area contributed by atoms with Crippen molar-refractivity contribution in [2.75, 3.05) is 5.88 Å².